The molecule has 1 rings (SSSR count). The van der Waals surface area contributed by atoms with Crippen LogP contribution in [0.1, 0.15) is 19.8 Å². The van der Waals surface area contributed by atoms with Crippen LogP contribution in [0.4, 0.5) is 0 Å². The molecule has 0 spiro atoms. The molecule has 1 heterocycles. The van der Waals surface area contributed by atoms with Gasteiger partial charge in [0.1, 0.15) is 6.26 Å². The second-order valence-corrected chi connectivity index (χ2v) is 6.02. The molecule has 0 aliphatic rings. The van der Waals surface area contributed by atoms with Gasteiger partial charge in [0, 0.05) is 4.90 Å². The Hall–Kier alpha value is -0.700. The number of carbonyl (C=O) groups is 1. The third-order valence-corrected chi connectivity index (χ3v) is 4.57. The minimum Gasteiger partial charge on any atom is -0.471 e. The van der Waals surface area contributed by atoms with Crippen molar-refractivity contribution < 1.29 is 9.21 Å². The molecular weight excluding hydrogens is 184 g/mol. The lowest BCUT2D eigenvalue weighted by Crippen LogP contribution is -2.01. The highest BCUT2D eigenvalue weighted by Gasteiger charge is 2.20. The Morgan fingerprint density at radius 2 is 2.46 bits per heavy atom. The zero-order valence-electron chi connectivity index (χ0n) is 7.86. The van der Waals surface area contributed by atoms with Gasteiger partial charge in [-0.05, 0) is 24.5 Å². The van der Waals surface area contributed by atoms with Gasteiger partial charge in [-0.15, -0.1) is 0 Å². The third-order valence-electron chi connectivity index (χ3n) is 2.01. The molecule has 0 aliphatic heterocycles. The van der Waals surface area contributed by atoms with Crippen LogP contribution in [0.2, 0.25) is 0 Å². The lowest BCUT2D eigenvalue weighted by atomic mass is 10.4. The molecule has 0 amide bonds. The molecule has 0 aliphatic carbocycles. The molecule has 3 heteroatoms. The summed E-state index contributed by atoms with van der Waals surface area (Å²) in [6.45, 7) is 2.11. The number of furan rings is 1. The van der Waals surface area contributed by atoms with Crippen LogP contribution in [0.3, 0.4) is 0 Å². The molecule has 73 valence electrons. The van der Waals surface area contributed by atoms with E-state index in [1.165, 1.54) is 0 Å². The van der Waals surface area contributed by atoms with E-state index in [2.05, 4.69) is 13.2 Å². The van der Waals surface area contributed by atoms with Crippen LogP contribution < -0.4 is 0 Å². The van der Waals surface area contributed by atoms with Crippen LogP contribution in [0, 0.1) is 6.26 Å². The maximum Gasteiger partial charge on any atom is 0.163 e. The van der Waals surface area contributed by atoms with Crippen molar-refractivity contribution in [3.8, 4) is 0 Å². The van der Waals surface area contributed by atoms with E-state index in [9.17, 15) is 4.79 Å². The van der Waals surface area contributed by atoms with Gasteiger partial charge in [0.2, 0.25) is 0 Å². The maximum atomic E-state index is 11.0. The molecule has 1 aromatic heterocycles. The normalized spacial score (nSPS) is 17.7. The highest BCUT2D eigenvalue weighted by Crippen LogP contribution is 2.52. The molecule has 13 heavy (non-hydrogen) atoms. The second-order valence-electron chi connectivity index (χ2n) is 3.06. The van der Waals surface area contributed by atoms with Crippen molar-refractivity contribution in [1.29, 1.82) is 0 Å². The Balaban J connectivity index is 2.75. The largest absolute Gasteiger partial charge is 0.471 e. The van der Waals surface area contributed by atoms with Gasteiger partial charge in [0.25, 0.3) is 0 Å². The van der Waals surface area contributed by atoms with Gasteiger partial charge in [-0.3, -0.25) is 4.79 Å². The number of unbranched alkanes of at least 4 members (excludes halogenated alkanes) is 1. The molecule has 1 unspecified atom stereocenters. The lowest BCUT2D eigenvalue weighted by molar-refractivity contribution is 0.560. The molecule has 0 N–H and O–H groups in total. The van der Waals surface area contributed by atoms with Crippen LogP contribution in [-0.2, 0) is 4.79 Å². The molecule has 1 radical (unpaired) electrons. The zero-order chi connectivity index (χ0) is 9.73. The predicted molar refractivity (Wildman–Crippen MR) is 56.4 cm³/mol. The van der Waals surface area contributed by atoms with Crippen LogP contribution in [0.5, 0.6) is 0 Å². The number of hydrogen-bond donors (Lipinski definition) is 0. The average Bonchev–Trinajstić information content (AvgIpc) is 2.67. The minimum atomic E-state index is -1.50. The van der Waals surface area contributed by atoms with Crippen molar-refractivity contribution >= 4 is 15.6 Å². The molecular formula is C10H15O2S. The van der Waals surface area contributed by atoms with E-state index >= 15 is 0 Å². The van der Waals surface area contributed by atoms with E-state index in [4.69, 9.17) is 4.42 Å². The first-order chi connectivity index (χ1) is 6.23. The van der Waals surface area contributed by atoms with E-state index < -0.39 is 10.0 Å². The van der Waals surface area contributed by atoms with Gasteiger partial charge in [-0.2, -0.15) is 10.0 Å². The Morgan fingerprint density at radius 3 is 2.92 bits per heavy atom. The molecule has 0 aromatic carbocycles. The summed E-state index contributed by atoms with van der Waals surface area (Å²) >= 11 is 0. The summed E-state index contributed by atoms with van der Waals surface area (Å²) in [5.74, 6) is 0.868. The lowest BCUT2D eigenvalue weighted by Gasteiger charge is -2.26. The van der Waals surface area contributed by atoms with Crippen LogP contribution in [0.15, 0.2) is 27.9 Å². The second kappa shape index (κ2) is 4.51. The van der Waals surface area contributed by atoms with Crippen LogP contribution >= 0.6 is 10.0 Å². The first-order valence-electron chi connectivity index (χ1n) is 4.34. The molecule has 0 fully saturated rings. The fourth-order valence-corrected chi connectivity index (χ4v) is 2.93. The highest BCUT2D eigenvalue weighted by molar-refractivity contribution is 8.44. The van der Waals surface area contributed by atoms with Crippen molar-refractivity contribution in [2.24, 2.45) is 0 Å². The number of rotatable bonds is 5. The number of carbonyl (C=O) groups excluding carboxylic acids is 1. The Kier molecular flexibility index (Phi) is 3.60. The average molecular weight is 199 g/mol. The maximum absolute atomic E-state index is 11.0. The molecule has 0 saturated heterocycles. The highest BCUT2D eigenvalue weighted by atomic mass is 32.3. The van der Waals surface area contributed by atoms with Crippen LogP contribution in [0.25, 0.3) is 0 Å². The van der Waals surface area contributed by atoms with Crippen molar-refractivity contribution in [3.05, 3.63) is 24.8 Å². The minimum absolute atomic E-state index is 0.868. The summed E-state index contributed by atoms with van der Waals surface area (Å²) < 4.78 is 4.96. The SMILES string of the molecule is [CH2]S(C=O)(CCCC)c1ccoc1. The summed E-state index contributed by atoms with van der Waals surface area (Å²) in [6.07, 6.45) is 9.39. The number of hydrogen-bond acceptors (Lipinski definition) is 2. The smallest absolute Gasteiger partial charge is 0.163 e. The Morgan fingerprint density at radius 1 is 1.69 bits per heavy atom. The first kappa shape index (κ1) is 10.4. The standard InChI is InChI=1S/C10H15O2S/c1-3-4-7-13(2,9-11)10-5-6-12-8-10/h5-6,8-9H,2-4,7H2,1H3. The monoisotopic (exact) mass is 199 g/mol. The van der Waals surface area contributed by atoms with Crippen LogP contribution in [-0.4, -0.2) is 11.4 Å². The molecule has 0 saturated carbocycles. The Bertz CT molecular complexity index is 256. The van der Waals surface area contributed by atoms with Gasteiger partial charge >= 0.3 is 0 Å². The van der Waals surface area contributed by atoms with Crippen molar-refractivity contribution in [3.63, 3.8) is 0 Å². The van der Waals surface area contributed by atoms with Gasteiger partial charge in [-0.1, -0.05) is 13.3 Å². The molecule has 0 bridgehead atoms. The van der Waals surface area contributed by atoms with E-state index in [0.717, 1.165) is 29.1 Å². The van der Waals surface area contributed by atoms with Gasteiger partial charge in [0.05, 0.1) is 6.26 Å². The summed E-state index contributed by atoms with van der Waals surface area (Å²) in [7, 11) is -1.50. The van der Waals surface area contributed by atoms with Crippen molar-refractivity contribution in [2.45, 2.75) is 24.7 Å². The van der Waals surface area contributed by atoms with E-state index in [0.29, 0.717) is 0 Å². The predicted octanol–water partition coefficient (Wildman–Crippen LogP) is 3.22. The quantitative estimate of drug-likeness (QED) is 0.681. The fraction of sp³-hybridized carbons (Fsp3) is 0.400. The van der Waals surface area contributed by atoms with E-state index in [1.54, 1.807) is 12.5 Å². The van der Waals surface area contributed by atoms with Gasteiger partial charge in [0.15, 0.2) is 5.62 Å². The van der Waals surface area contributed by atoms with E-state index in [1.807, 2.05) is 6.07 Å². The zero-order valence-corrected chi connectivity index (χ0v) is 8.68. The molecule has 1 aromatic rings. The summed E-state index contributed by atoms with van der Waals surface area (Å²) in [5.41, 5.74) is 0.994. The van der Waals surface area contributed by atoms with E-state index in [-0.39, 0.29) is 0 Å². The summed E-state index contributed by atoms with van der Waals surface area (Å²) in [5, 5.41) is 0. The molecule has 1 atom stereocenters. The first-order valence-corrected chi connectivity index (χ1v) is 6.38. The summed E-state index contributed by atoms with van der Waals surface area (Å²) in [4.78, 5) is 11.9. The summed E-state index contributed by atoms with van der Waals surface area (Å²) in [6, 6.07) is 1.84. The van der Waals surface area contributed by atoms with Gasteiger partial charge in [-0.25, -0.2) is 0 Å². The molecule has 2 nitrogen and oxygen atoms in total. The third kappa shape index (κ3) is 2.37. The van der Waals surface area contributed by atoms with Gasteiger partial charge < -0.3 is 4.42 Å². The van der Waals surface area contributed by atoms with Crippen molar-refractivity contribution in [1.82, 2.24) is 0 Å². The topological polar surface area (TPSA) is 30.2 Å². The fourth-order valence-electron chi connectivity index (χ4n) is 1.11. The van der Waals surface area contributed by atoms with Crippen molar-refractivity contribution in [2.75, 3.05) is 5.75 Å². The Labute approximate surface area is 80.6 Å².